The van der Waals surface area contributed by atoms with Crippen LogP contribution in [0.3, 0.4) is 0 Å². The first kappa shape index (κ1) is 29.6. The molecule has 0 saturated carbocycles. The van der Waals surface area contributed by atoms with E-state index in [2.05, 4.69) is 16.0 Å². The average molecular weight is 529 g/mol. The summed E-state index contributed by atoms with van der Waals surface area (Å²) < 4.78 is 44.8. The second-order valence-corrected chi connectivity index (χ2v) is 8.99. The molecule has 3 atom stereocenters. The fourth-order valence-corrected chi connectivity index (χ4v) is 3.59. The predicted molar refractivity (Wildman–Crippen MR) is 125 cm³/mol. The molecule has 1 fully saturated rings. The molecule has 0 spiro atoms. The van der Waals surface area contributed by atoms with Crippen LogP contribution in [0.25, 0.3) is 0 Å². The van der Waals surface area contributed by atoms with Crippen molar-refractivity contribution in [2.45, 2.75) is 70.4 Å². The van der Waals surface area contributed by atoms with Crippen molar-refractivity contribution < 1.29 is 41.9 Å². The summed E-state index contributed by atoms with van der Waals surface area (Å²) in [5.41, 5.74) is 0.683. The number of carbonyl (C=O) groups is 5. The highest BCUT2D eigenvalue weighted by Crippen LogP contribution is 2.22. The number of hydrogen-bond acceptors (Lipinski definition) is 6. The number of alkyl carbamates (subject to hydrolysis) is 1. The van der Waals surface area contributed by atoms with Crippen LogP contribution in [-0.2, 0) is 30.5 Å². The van der Waals surface area contributed by atoms with Gasteiger partial charge in [0.25, 0.3) is 5.91 Å². The zero-order valence-electron chi connectivity index (χ0n) is 20.5. The van der Waals surface area contributed by atoms with Gasteiger partial charge >= 0.3 is 12.3 Å². The number of nitrogens with one attached hydrogen (secondary N) is 4. The minimum Gasteiger partial charge on any atom is -0.445 e. The maximum Gasteiger partial charge on any atom is 0.408 e. The summed E-state index contributed by atoms with van der Waals surface area (Å²) in [6.07, 6.45) is -6.50. The van der Waals surface area contributed by atoms with Crippen molar-refractivity contribution >= 4 is 29.6 Å². The van der Waals surface area contributed by atoms with E-state index in [1.54, 1.807) is 44.2 Å². The van der Waals surface area contributed by atoms with Crippen LogP contribution >= 0.6 is 0 Å². The Kier molecular flexibility index (Phi) is 10.9. The van der Waals surface area contributed by atoms with E-state index in [4.69, 9.17) is 4.74 Å². The molecule has 0 radical (unpaired) electrons. The number of Topliss-reactive ketones (excluding diaryl/α,β-unsaturated/α-hetero) is 1. The van der Waals surface area contributed by atoms with Gasteiger partial charge in [0.2, 0.25) is 17.6 Å². The molecule has 1 aliphatic rings. The normalized spacial score (nSPS) is 18.1. The van der Waals surface area contributed by atoms with Crippen LogP contribution in [0.4, 0.5) is 18.0 Å². The molecule has 4 N–H and O–H groups in total. The lowest BCUT2D eigenvalue weighted by atomic mass is 10.0. The van der Waals surface area contributed by atoms with Gasteiger partial charge in [0.05, 0.1) is 12.5 Å². The van der Waals surface area contributed by atoms with E-state index in [1.807, 2.05) is 5.32 Å². The zero-order valence-corrected chi connectivity index (χ0v) is 20.5. The van der Waals surface area contributed by atoms with Crippen LogP contribution in [0.1, 0.15) is 45.1 Å². The van der Waals surface area contributed by atoms with Crippen molar-refractivity contribution in [3.63, 3.8) is 0 Å². The van der Waals surface area contributed by atoms with Crippen LogP contribution in [0.5, 0.6) is 0 Å². The van der Waals surface area contributed by atoms with Crippen molar-refractivity contribution in [1.82, 2.24) is 21.3 Å². The van der Waals surface area contributed by atoms with E-state index in [0.29, 0.717) is 18.4 Å². The molecule has 1 saturated heterocycles. The second kappa shape index (κ2) is 13.6. The number of rotatable bonds is 9. The number of alkyl halides is 3. The third-order valence-corrected chi connectivity index (χ3v) is 5.57. The number of ether oxygens (including phenoxy) is 1. The maximum atomic E-state index is 13.2. The highest BCUT2D eigenvalue weighted by atomic mass is 19.4. The van der Waals surface area contributed by atoms with E-state index in [-0.39, 0.29) is 19.6 Å². The summed E-state index contributed by atoms with van der Waals surface area (Å²) in [6, 6.07) is 3.94. The summed E-state index contributed by atoms with van der Waals surface area (Å²) >= 11 is 0. The molecule has 3 unspecified atom stereocenters. The monoisotopic (exact) mass is 528 g/mol. The van der Waals surface area contributed by atoms with Gasteiger partial charge in [-0.25, -0.2) is 4.79 Å². The Morgan fingerprint density at radius 3 is 2.35 bits per heavy atom. The first-order valence-electron chi connectivity index (χ1n) is 11.8. The van der Waals surface area contributed by atoms with Crippen LogP contribution in [0, 0.1) is 5.92 Å². The van der Waals surface area contributed by atoms with Crippen LogP contribution in [0.15, 0.2) is 30.3 Å². The first-order valence-corrected chi connectivity index (χ1v) is 11.8. The molecule has 13 heteroatoms. The van der Waals surface area contributed by atoms with Gasteiger partial charge in [-0.1, -0.05) is 44.2 Å². The number of halogens is 3. The Morgan fingerprint density at radius 1 is 1.05 bits per heavy atom. The summed E-state index contributed by atoms with van der Waals surface area (Å²) in [4.78, 5) is 61.9. The van der Waals surface area contributed by atoms with Crippen molar-refractivity contribution in [3.05, 3.63) is 35.9 Å². The molecular weight excluding hydrogens is 497 g/mol. The van der Waals surface area contributed by atoms with Gasteiger partial charge in [0.1, 0.15) is 18.7 Å². The van der Waals surface area contributed by atoms with E-state index < -0.39 is 66.2 Å². The average Bonchev–Trinajstić information content (AvgIpc) is 2.82. The minimum absolute atomic E-state index is 0.0636. The number of hydrogen-bond donors (Lipinski definition) is 4. The van der Waals surface area contributed by atoms with Crippen LogP contribution < -0.4 is 21.3 Å². The van der Waals surface area contributed by atoms with E-state index in [9.17, 15) is 37.1 Å². The van der Waals surface area contributed by atoms with Crippen LogP contribution in [-0.4, -0.2) is 60.4 Å². The van der Waals surface area contributed by atoms with Gasteiger partial charge in [-0.2, -0.15) is 13.2 Å². The van der Waals surface area contributed by atoms with E-state index >= 15 is 0 Å². The lowest BCUT2D eigenvalue weighted by Crippen LogP contribution is -2.58. The molecule has 2 rings (SSSR count). The molecule has 204 valence electrons. The van der Waals surface area contributed by atoms with Crippen molar-refractivity contribution in [2.75, 3.05) is 6.54 Å². The number of ketones is 1. The lowest BCUT2D eigenvalue weighted by Gasteiger charge is -2.27. The third kappa shape index (κ3) is 10.1. The van der Waals surface area contributed by atoms with Gasteiger partial charge in [0.15, 0.2) is 0 Å². The summed E-state index contributed by atoms with van der Waals surface area (Å²) in [7, 11) is 0. The molecule has 4 amide bonds. The first-order chi connectivity index (χ1) is 17.4. The van der Waals surface area contributed by atoms with Crippen LogP contribution in [0.2, 0.25) is 0 Å². The van der Waals surface area contributed by atoms with Crippen molar-refractivity contribution in [1.29, 1.82) is 0 Å². The largest absolute Gasteiger partial charge is 0.445 e. The number of carbonyl (C=O) groups excluding carboxylic acids is 5. The summed E-state index contributed by atoms with van der Waals surface area (Å²) in [6.45, 7) is 3.27. The van der Waals surface area contributed by atoms with Gasteiger partial charge in [-0.05, 0) is 30.7 Å². The van der Waals surface area contributed by atoms with Gasteiger partial charge < -0.3 is 26.0 Å². The third-order valence-electron chi connectivity index (χ3n) is 5.57. The molecule has 37 heavy (non-hydrogen) atoms. The molecule has 0 aromatic heterocycles. The molecular formula is C24H31F3N4O6. The molecule has 1 aliphatic heterocycles. The summed E-state index contributed by atoms with van der Waals surface area (Å²) in [5, 5.41) is 8.86. The van der Waals surface area contributed by atoms with Crippen molar-refractivity contribution in [2.24, 2.45) is 5.92 Å². The topological polar surface area (TPSA) is 143 Å². The predicted octanol–water partition coefficient (Wildman–Crippen LogP) is 1.73. The highest BCUT2D eigenvalue weighted by Gasteiger charge is 2.39. The Morgan fingerprint density at radius 2 is 1.73 bits per heavy atom. The van der Waals surface area contributed by atoms with Gasteiger partial charge in [0, 0.05) is 6.54 Å². The van der Waals surface area contributed by atoms with Crippen molar-refractivity contribution in [3.8, 4) is 0 Å². The molecule has 0 aliphatic carbocycles. The lowest BCUT2D eigenvalue weighted by molar-refractivity contribution is -0.152. The van der Waals surface area contributed by atoms with Gasteiger partial charge in [-0.3, -0.25) is 19.2 Å². The number of amides is 4. The molecule has 1 aromatic carbocycles. The Hall–Kier alpha value is -3.64. The van der Waals surface area contributed by atoms with Gasteiger partial charge in [-0.15, -0.1) is 0 Å². The van der Waals surface area contributed by atoms with E-state index in [1.165, 1.54) is 0 Å². The van der Waals surface area contributed by atoms with E-state index in [0.717, 1.165) is 0 Å². The molecule has 0 bridgehead atoms. The highest BCUT2D eigenvalue weighted by molar-refractivity contribution is 6.38. The second-order valence-electron chi connectivity index (χ2n) is 8.99. The summed E-state index contributed by atoms with van der Waals surface area (Å²) in [5.74, 6) is -4.81. The fraction of sp³-hybridized carbons (Fsp3) is 0.542. The fourth-order valence-electron chi connectivity index (χ4n) is 3.59. The smallest absolute Gasteiger partial charge is 0.408 e. The molecule has 1 heterocycles. The Labute approximate surface area is 212 Å². The molecule has 1 aromatic rings. The zero-order chi connectivity index (χ0) is 27.6. The molecule has 10 nitrogen and oxygen atoms in total. The standard InChI is InChI=1S/C24H31F3N4O6/c1-14(2)18(31-23(36)37-13-15-8-4-3-5-9-15)21(34)30-17(12-24(25,26)27)20(33)29-16-10-6-7-11-28-22(35)19(16)32/h3-5,8-9,14,16-18H,6-7,10-13H2,1-2H3,(H,28,35)(H,29,33)(H,30,34)(H,31,36). The Bertz CT molecular complexity index is 971. The number of benzene rings is 1. The maximum absolute atomic E-state index is 13.2. The SMILES string of the molecule is CC(C)C(NC(=O)OCc1ccccc1)C(=O)NC(CC(F)(F)F)C(=O)NC1CCCCNC(=O)C1=O. The Balaban J connectivity index is 2.08. The minimum atomic E-state index is -4.84. The quantitative estimate of drug-likeness (QED) is 0.360.